The van der Waals surface area contributed by atoms with E-state index in [4.69, 9.17) is 5.73 Å². The minimum absolute atomic E-state index is 0.301. The van der Waals surface area contributed by atoms with E-state index in [1.165, 1.54) is 0 Å². The number of rotatable bonds is 7. The number of hydrogen-bond acceptors (Lipinski definition) is 3. The van der Waals surface area contributed by atoms with Crippen LogP contribution in [0.15, 0.2) is 12.3 Å². The van der Waals surface area contributed by atoms with E-state index < -0.39 is 0 Å². The molecule has 0 atom stereocenters. The lowest BCUT2D eigenvalue weighted by Crippen LogP contribution is -2.18. The van der Waals surface area contributed by atoms with Crippen molar-refractivity contribution in [2.24, 2.45) is 5.73 Å². The van der Waals surface area contributed by atoms with Gasteiger partial charge in [-0.3, -0.25) is 9.48 Å². The number of carbonyl (C=O) groups is 1. The van der Waals surface area contributed by atoms with Gasteiger partial charge < -0.3 is 11.1 Å². The van der Waals surface area contributed by atoms with Gasteiger partial charge in [-0.15, -0.1) is 0 Å². The summed E-state index contributed by atoms with van der Waals surface area (Å²) in [7, 11) is 0. The van der Waals surface area contributed by atoms with Crippen molar-refractivity contribution in [1.29, 1.82) is 0 Å². The third-order valence-corrected chi connectivity index (χ3v) is 2.57. The van der Waals surface area contributed by atoms with Crippen molar-refractivity contribution in [3.8, 4) is 0 Å². The van der Waals surface area contributed by atoms with E-state index in [-0.39, 0.29) is 5.91 Å². The van der Waals surface area contributed by atoms with E-state index in [2.05, 4.69) is 24.3 Å². The standard InChI is InChI=1S/C11H20N4O/c1-3-9(4-2)13-11-6-8-15(14-11)7-5-10(12)16/h6,8-9H,3-5,7H2,1-2H3,(H2,12,16)(H,13,14). The van der Waals surface area contributed by atoms with Gasteiger partial charge >= 0.3 is 0 Å². The van der Waals surface area contributed by atoms with E-state index in [0.717, 1.165) is 18.7 Å². The summed E-state index contributed by atoms with van der Waals surface area (Å²) in [5.74, 6) is 0.558. The Bertz CT molecular complexity index is 330. The molecule has 1 amide bonds. The normalized spacial score (nSPS) is 10.7. The molecular weight excluding hydrogens is 204 g/mol. The number of amides is 1. The van der Waals surface area contributed by atoms with Gasteiger partial charge in [0.2, 0.25) is 5.91 Å². The van der Waals surface area contributed by atoms with Gasteiger partial charge in [0.05, 0.1) is 0 Å². The molecule has 1 rings (SSSR count). The summed E-state index contributed by atoms with van der Waals surface area (Å²) in [6, 6.07) is 2.37. The van der Waals surface area contributed by atoms with Gasteiger partial charge in [-0.25, -0.2) is 0 Å². The number of nitrogens with zero attached hydrogens (tertiary/aromatic N) is 2. The molecule has 0 aliphatic carbocycles. The molecule has 0 spiro atoms. The number of carbonyl (C=O) groups excluding carboxylic acids is 1. The average Bonchev–Trinajstić information content (AvgIpc) is 2.70. The lowest BCUT2D eigenvalue weighted by atomic mass is 10.2. The molecule has 0 aromatic carbocycles. The predicted octanol–water partition coefficient (Wildman–Crippen LogP) is 1.36. The topological polar surface area (TPSA) is 72.9 Å². The Morgan fingerprint density at radius 3 is 2.81 bits per heavy atom. The average molecular weight is 224 g/mol. The van der Waals surface area contributed by atoms with Gasteiger partial charge in [-0.05, 0) is 12.8 Å². The minimum atomic E-state index is -0.301. The number of hydrogen-bond donors (Lipinski definition) is 2. The maximum absolute atomic E-state index is 10.6. The molecule has 0 bridgehead atoms. The van der Waals surface area contributed by atoms with Crippen molar-refractivity contribution in [1.82, 2.24) is 9.78 Å². The zero-order valence-corrected chi connectivity index (χ0v) is 9.94. The first-order chi connectivity index (χ1) is 7.65. The molecule has 5 heteroatoms. The summed E-state index contributed by atoms with van der Waals surface area (Å²) in [6.07, 6.45) is 4.33. The second-order valence-electron chi connectivity index (χ2n) is 3.84. The highest BCUT2D eigenvalue weighted by atomic mass is 16.1. The van der Waals surface area contributed by atoms with Crippen LogP contribution in [0.1, 0.15) is 33.1 Å². The molecule has 0 aliphatic heterocycles. The van der Waals surface area contributed by atoms with Gasteiger partial charge in [-0.1, -0.05) is 13.8 Å². The van der Waals surface area contributed by atoms with Crippen molar-refractivity contribution in [2.75, 3.05) is 5.32 Å². The van der Waals surface area contributed by atoms with Crippen LogP contribution in [0.3, 0.4) is 0 Å². The summed E-state index contributed by atoms with van der Waals surface area (Å²) in [5.41, 5.74) is 5.08. The lowest BCUT2D eigenvalue weighted by molar-refractivity contribution is -0.118. The smallest absolute Gasteiger partial charge is 0.219 e. The van der Waals surface area contributed by atoms with E-state index in [0.29, 0.717) is 19.0 Å². The number of primary amides is 1. The van der Waals surface area contributed by atoms with Crippen LogP contribution in [-0.2, 0) is 11.3 Å². The summed E-state index contributed by atoms with van der Waals surface area (Å²) in [6.45, 7) is 4.83. The quantitative estimate of drug-likeness (QED) is 0.734. The first kappa shape index (κ1) is 12.5. The number of nitrogens with two attached hydrogens (primary N) is 1. The SMILES string of the molecule is CCC(CC)Nc1ccn(CCC(N)=O)n1. The van der Waals surface area contributed by atoms with Gasteiger partial charge in [0.25, 0.3) is 0 Å². The maximum atomic E-state index is 10.6. The Morgan fingerprint density at radius 1 is 1.56 bits per heavy atom. The molecule has 1 heterocycles. The van der Waals surface area contributed by atoms with Crippen LogP contribution in [0.4, 0.5) is 5.82 Å². The van der Waals surface area contributed by atoms with E-state index in [9.17, 15) is 4.79 Å². The summed E-state index contributed by atoms with van der Waals surface area (Å²) in [5, 5.41) is 7.65. The lowest BCUT2D eigenvalue weighted by Gasteiger charge is -2.13. The summed E-state index contributed by atoms with van der Waals surface area (Å²) >= 11 is 0. The molecule has 0 unspecified atom stereocenters. The molecule has 0 fully saturated rings. The van der Waals surface area contributed by atoms with Gasteiger partial charge in [0, 0.05) is 31.3 Å². The summed E-state index contributed by atoms with van der Waals surface area (Å²) < 4.78 is 1.73. The molecule has 0 radical (unpaired) electrons. The first-order valence-corrected chi connectivity index (χ1v) is 5.74. The van der Waals surface area contributed by atoms with Crippen LogP contribution in [-0.4, -0.2) is 21.7 Å². The number of nitrogens with one attached hydrogen (secondary N) is 1. The van der Waals surface area contributed by atoms with E-state index >= 15 is 0 Å². The molecule has 90 valence electrons. The highest BCUT2D eigenvalue weighted by Crippen LogP contribution is 2.08. The van der Waals surface area contributed by atoms with Crippen LogP contribution in [0.2, 0.25) is 0 Å². The largest absolute Gasteiger partial charge is 0.370 e. The van der Waals surface area contributed by atoms with Crippen LogP contribution in [0, 0.1) is 0 Å². The number of aryl methyl sites for hydroxylation is 1. The zero-order valence-electron chi connectivity index (χ0n) is 9.94. The van der Waals surface area contributed by atoms with Crippen molar-refractivity contribution in [3.05, 3.63) is 12.3 Å². The molecular formula is C11H20N4O. The van der Waals surface area contributed by atoms with Crippen molar-refractivity contribution in [2.45, 2.75) is 45.7 Å². The Hall–Kier alpha value is -1.52. The molecule has 0 saturated heterocycles. The Kier molecular flexibility index (Phi) is 4.82. The van der Waals surface area contributed by atoms with E-state index in [1.807, 2.05) is 12.3 Å². The summed E-state index contributed by atoms with van der Waals surface area (Å²) in [4.78, 5) is 10.6. The molecule has 0 saturated carbocycles. The first-order valence-electron chi connectivity index (χ1n) is 5.74. The third-order valence-electron chi connectivity index (χ3n) is 2.57. The van der Waals surface area contributed by atoms with Gasteiger partial charge in [0.15, 0.2) is 0 Å². The number of anilines is 1. The highest BCUT2D eigenvalue weighted by Gasteiger charge is 2.05. The second-order valence-corrected chi connectivity index (χ2v) is 3.84. The van der Waals surface area contributed by atoms with Crippen molar-refractivity contribution in [3.63, 3.8) is 0 Å². The fraction of sp³-hybridized carbons (Fsp3) is 0.636. The molecule has 16 heavy (non-hydrogen) atoms. The Balaban J connectivity index is 2.47. The maximum Gasteiger partial charge on any atom is 0.219 e. The van der Waals surface area contributed by atoms with Crippen LogP contribution >= 0.6 is 0 Å². The van der Waals surface area contributed by atoms with Gasteiger partial charge in [-0.2, -0.15) is 5.10 Å². The molecule has 1 aromatic rings. The van der Waals surface area contributed by atoms with Crippen molar-refractivity contribution >= 4 is 11.7 Å². The monoisotopic (exact) mass is 224 g/mol. The second kappa shape index (κ2) is 6.15. The zero-order chi connectivity index (χ0) is 12.0. The molecule has 0 aliphatic rings. The Labute approximate surface area is 96.0 Å². The predicted molar refractivity (Wildman–Crippen MR) is 64.0 cm³/mol. The fourth-order valence-electron chi connectivity index (χ4n) is 1.49. The van der Waals surface area contributed by atoms with E-state index in [1.54, 1.807) is 4.68 Å². The van der Waals surface area contributed by atoms with Crippen LogP contribution in [0.5, 0.6) is 0 Å². The molecule has 3 N–H and O–H groups in total. The molecule has 5 nitrogen and oxygen atoms in total. The number of aromatic nitrogens is 2. The molecule has 1 aromatic heterocycles. The third kappa shape index (κ3) is 3.92. The van der Waals surface area contributed by atoms with Gasteiger partial charge in [0.1, 0.15) is 5.82 Å². The Morgan fingerprint density at radius 2 is 2.25 bits per heavy atom. The minimum Gasteiger partial charge on any atom is -0.370 e. The van der Waals surface area contributed by atoms with Crippen molar-refractivity contribution < 1.29 is 4.79 Å². The van der Waals surface area contributed by atoms with Crippen LogP contribution < -0.4 is 11.1 Å². The van der Waals surface area contributed by atoms with Crippen LogP contribution in [0.25, 0.3) is 0 Å². The fourth-order valence-corrected chi connectivity index (χ4v) is 1.49. The highest BCUT2D eigenvalue weighted by molar-refractivity contribution is 5.73.